The minimum absolute atomic E-state index is 0.0318. The largest absolute Gasteiger partial charge is 0.480 e. The molecule has 1 aromatic rings. The van der Waals surface area contributed by atoms with Crippen LogP contribution in [-0.4, -0.2) is 67.6 Å². The van der Waals surface area contributed by atoms with Gasteiger partial charge >= 0.3 is 17.9 Å². The Morgan fingerprint density at radius 1 is 0.970 bits per heavy atom. The van der Waals surface area contributed by atoms with Crippen LogP contribution in [0.2, 0.25) is 0 Å². The summed E-state index contributed by atoms with van der Waals surface area (Å²) < 4.78 is 19.6. The lowest BCUT2D eigenvalue weighted by molar-refractivity contribution is -0.157. The second kappa shape index (κ2) is 16.2. The van der Waals surface area contributed by atoms with Gasteiger partial charge in [0.25, 0.3) is 0 Å². The Labute approximate surface area is 198 Å². The highest BCUT2D eigenvalue weighted by molar-refractivity contribution is 8.13. The van der Waals surface area contributed by atoms with Gasteiger partial charge in [-0.25, -0.2) is 0 Å². The Morgan fingerprint density at radius 2 is 1.67 bits per heavy atom. The van der Waals surface area contributed by atoms with Crippen molar-refractivity contribution in [1.29, 1.82) is 0 Å². The highest BCUT2D eigenvalue weighted by Gasteiger charge is 2.29. The first-order chi connectivity index (χ1) is 15.7. The predicted octanol–water partition coefficient (Wildman–Crippen LogP) is 2.80. The van der Waals surface area contributed by atoms with Gasteiger partial charge in [0.2, 0.25) is 0 Å². The fourth-order valence-corrected chi connectivity index (χ4v) is 3.38. The van der Waals surface area contributed by atoms with E-state index in [2.05, 4.69) is 13.8 Å². The molecule has 0 saturated heterocycles. The Hall–Kier alpha value is -2.43. The maximum atomic E-state index is 12.3. The molecule has 184 valence electrons. The second-order valence-corrected chi connectivity index (χ2v) is 8.69. The number of hydrogen-bond acceptors (Lipinski definition) is 9. The molecule has 0 bridgehead atoms. The molecule has 1 aromatic carbocycles. The Morgan fingerprint density at radius 3 is 2.27 bits per heavy atom. The maximum Gasteiger partial charge on any atom is 0.324 e. The molecule has 33 heavy (non-hydrogen) atoms. The number of rotatable bonds is 16. The molecule has 9 nitrogen and oxygen atoms in total. The summed E-state index contributed by atoms with van der Waals surface area (Å²) in [6.45, 7) is 4.52. The number of thioether (sulfide) groups is 1. The molecule has 0 spiro atoms. The molecule has 0 amide bonds. The fourth-order valence-electron chi connectivity index (χ4n) is 2.74. The van der Waals surface area contributed by atoms with E-state index in [1.165, 1.54) is 7.11 Å². The average molecular weight is 485 g/mol. The zero-order valence-corrected chi connectivity index (χ0v) is 20.1. The Kier molecular flexibility index (Phi) is 14.1. The number of benzene rings is 1. The van der Waals surface area contributed by atoms with Crippen LogP contribution in [0.1, 0.15) is 43.7 Å². The number of methoxy groups -OCH3 is 1. The topological polar surface area (TPSA) is 125 Å². The number of aliphatic carboxylic acids is 1. The number of carbonyl (C=O) groups is 4. The molecular formula is C23H32O9S. The first kappa shape index (κ1) is 28.6. The van der Waals surface area contributed by atoms with Crippen LogP contribution in [0.5, 0.6) is 0 Å². The number of carboxylic acid groups (broad SMARTS) is 1. The van der Waals surface area contributed by atoms with E-state index in [1.807, 2.05) is 12.1 Å². The first-order valence-electron chi connectivity index (χ1n) is 10.6. The van der Waals surface area contributed by atoms with E-state index < -0.39 is 23.8 Å². The lowest BCUT2D eigenvalue weighted by Gasteiger charge is -2.13. The third-order valence-corrected chi connectivity index (χ3v) is 5.20. The smallest absolute Gasteiger partial charge is 0.324 e. The Balaban J connectivity index is 2.34. The van der Waals surface area contributed by atoms with E-state index in [0.717, 1.165) is 23.7 Å². The number of hydrogen-bond donors (Lipinski definition) is 1. The fraction of sp³-hybridized carbons (Fsp3) is 0.565. The maximum absolute atomic E-state index is 12.3. The molecule has 0 aliphatic rings. The van der Waals surface area contributed by atoms with Crippen LogP contribution in [0.4, 0.5) is 0 Å². The van der Waals surface area contributed by atoms with Crippen LogP contribution in [-0.2, 0) is 44.5 Å². The molecular weight excluding hydrogens is 452 g/mol. The molecule has 1 atom stereocenters. The summed E-state index contributed by atoms with van der Waals surface area (Å²) in [5.74, 6) is -3.56. The van der Waals surface area contributed by atoms with Gasteiger partial charge in [-0.1, -0.05) is 49.9 Å². The lowest BCUT2D eigenvalue weighted by atomic mass is 9.96. The molecule has 0 aliphatic carbocycles. The molecule has 1 N–H and O–H groups in total. The minimum Gasteiger partial charge on any atom is -0.480 e. The summed E-state index contributed by atoms with van der Waals surface area (Å²) in [4.78, 5) is 47.3. The lowest BCUT2D eigenvalue weighted by Crippen LogP contribution is -2.24. The van der Waals surface area contributed by atoms with E-state index in [9.17, 15) is 24.3 Å². The first-order valence-corrected chi connectivity index (χ1v) is 11.6. The van der Waals surface area contributed by atoms with Gasteiger partial charge in [-0.2, -0.15) is 0 Å². The highest BCUT2D eigenvalue weighted by Crippen LogP contribution is 2.20. The number of esters is 2. The molecule has 0 aromatic heterocycles. The molecule has 0 fully saturated rings. The number of ether oxygens (including phenoxy) is 4. The summed E-state index contributed by atoms with van der Waals surface area (Å²) in [5, 5.41) is 9.20. The third-order valence-electron chi connectivity index (χ3n) is 4.30. The van der Waals surface area contributed by atoms with E-state index in [4.69, 9.17) is 18.9 Å². The average Bonchev–Trinajstić information content (AvgIpc) is 2.76. The van der Waals surface area contributed by atoms with Crippen molar-refractivity contribution in [3.63, 3.8) is 0 Å². The molecule has 1 unspecified atom stereocenters. The van der Waals surface area contributed by atoms with Gasteiger partial charge in [-0.05, 0) is 23.5 Å². The molecule has 10 heteroatoms. The molecule has 0 heterocycles. The van der Waals surface area contributed by atoms with Crippen molar-refractivity contribution < 1.29 is 43.2 Å². The van der Waals surface area contributed by atoms with Gasteiger partial charge in [0.15, 0.2) is 17.8 Å². The van der Waals surface area contributed by atoms with Crippen molar-refractivity contribution in [1.82, 2.24) is 0 Å². The van der Waals surface area contributed by atoms with Crippen LogP contribution in [0, 0.1) is 5.92 Å². The van der Waals surface area contributed by atoms with Gasteiger partial charge in [0.1, 0.15) is 6.61 Å². The zero-order chi connectivity index (χ0) is 24.6. The van der Waals surface area contributed by atoms with Crippen molar-refractivity contribution in [2.45, 2.75) is 39.0 Å². The monoisotopic (exact) mass is 484 g/mol. The molecule has 0 saturated carbocycles. The Bertz CT molecular complexity index is 762. The standard InChI is InChI=1S/C23H32O9S/c1-16(2)14-17-4-6-18(7-5-17)21(22(26)27)23(28)31-12-13-33-20(25)9-8-19(24)32-15-30-11-10-29-3/h4-7,16,21H,8-15H2,1-3H3,(H,26,27). The van der Waals surface area contributed by atoms with Crippen LogP contribution in [0.25, 0.3) is 0 Å². The second-order valence-electron chi connectivity index (χ2n) is 7.53. The third kappa shape index (κ3) is 12.4. The van der Waals surface area contributed by atoms with E-state index in [-0.39, 0.29) is 37.1 Å². The molecule has 1 rings (SSSR count). The quantitative estimate of drug-likeness (QED) is 0.162. The molecule has 0 radical (unpaired) electrons. The van der Waals surface area contributed by atoms with E-state index in [1.54, 1.807) is 12.1 Å². The molecule has 0 aliphatic heterocycles. The van der Waals surface area contributed by atoms with Crippen LogP contribution in [0.3, 0.4) is 0 Å². The number of carboxylic acids is 1. The van der Waals surface area contributed by atoms with E-state index >= 15 is 0 Å². The van der Waals surface area contributed by atoms with Gasteiger partial charge in [0, 0.05) is 19.3 Å². The SMILES string of the molecule is COCCOCOC(=O)CCC(=O)SCCOC(=O)C(C(=O)O)c1ccc(CC(C)C)cc1. The van der Waals surface area contributed by atoms with Crippen LogP contribution >= 0.6 is 11.8 Å². The minimum atomic E-state index is -1.43. The van der Waals surface area contributed by atoms with Crippen molar-refractivity contribution in [2.24, 2.45) is 5.92 Å². The summed E-state index contributed by atoms with van der Waals surface area (Å²) in [6.07, 6.45) is 0.733. The van der Waals surface area contributed by atoms with Crippen molar-refractivity contribution in [2.75, 3.05) is 39.5 Å². The summed E-state index contributed by atoms with van der Waals surface area (Å²) in [7, 11) is 1.52. The summed E-state index contributed by atoms with van der Waals surface area (Å²) in [5.41, 5.74) is 1.40. The number of carbonyl (C=O) groups excluding carboxylic acids is 3. The van der Waals surface area contributed by atoms with Crippen LogP contribution in [0.15, 0.2) is 24.3 Å². The van der Waals surface area contributed by atoms with E-state index in [0.29, 0.717) is 24.7 Å². The normalized spacial score (nSPS) is 11.8. The van der Waals surface area contributed by atoms with Gasteiger partial charge in [-0.15, -0.1) is 0 Å². The van der Waals surface area contributed by atoms with Crippen LogP contribution < -0.4 is 0 Å². The van der Waals surface area contributed by atoms with Crippen molar-refractivity contribution in [3.05, 3.63) is 35.4 Å². The summed E-state index contributed by atoms with van der Waals surface area (Å²) >= 11 is 0.900. The highest BCUT2D eigenvalue weighted by atomic mass is 32.2. The van der Waals surface area contributed by atoms with Gasteiger partial charge < -0.3 is 24.1 Å². The van der Waals surface area contributed by atoms with Gasteiger partial charge in [-0.3, -0.25) is 19.2 Å². The predicted molar refractivity (Wildman–Crippen MR) is 122 cm³/mol. The van der Waals surface area contributed by atoms with Crippen molar-refractivity contribution in [3.8, 4) is 0 Å². The zero-order valence-electron chi connectivity index (χ0n) is 19.2. The summed E-state index contributed by atoms with van der Waals surface area (Å²) in [6, 6.07) is 6.86. The van der Waals surface area contributed by atoms with Gasteiger partial charge in [0.05, 0.1) is 19.6 Å². The van der Waals surface area contributed by atoms with Crippen molar-refractivity contribution >= 4 is 34.8 Å².